The Morgan fingerprint density at radius 1 is 1.06 bits per heavy atom. The zero-order valence-corrected chi connectivity index (χ0v) is 21.8. The summed E-state index contributed by atoms with van der Waals surface area (Å²) in [4.78, 5) is 4.68. The highest BCUT2D eigenvalue weighted by molar-refractivity contribution is 7.80. The van der Waals surface area contributed by atoms with E-state index in [1.165, 1.54) is 0 Å². The first-order valence-electron chi connectivity index (χ1n) is 13.2. The topological polar surface area (TPSA) is 134 Å². The second-order valence-electron chi connectivity index (χ2n) is 12.4. The molecule has 0 aromatic heterocycles. The van der Waals surface area contributed by atoms with Crippen molar-refractivity contribution >= 4 is 10.4 Å². The van der Waals surface area contributed by atoms with Crippen LogP contribution >= 0.6 is 0 Å². The predicted octanol–water partition coefficient (Wildman–Crippen LogP) is 3.36. The molecule has 5 unspecified atom stereocenters. The fourth-order valence-electron chi connectivity index (χ4n) is 9.58. The summed E-state index contributed by atoms with van der Waals surface area (Å²) in [5.74, 6) is 1.30. The Hall–Kier alpha value is -0.290. The lowest BCUT2D eigenvalue weighted by molar-refractivity contribution is -0.236. The fraction of sp³-hybridized carbons (Fsp3) is 1.00. The minimum Gasteiger partial charge on any atom is -0.393 e. The highest BCUT2D eigenvalue weighted by atomic mass is 32.3. The summed E-state index contributed by atoms with van der Waals surface area (Å²) in [6.45, 7) is 8.90. The normalized spacial score (nSPS) is 49.7. The van der Waals surface area contributed by atoms with E-state index in [0.29, 0.717) is 24.7 Å². The molecule has 198 valence electrons. The second-order valence-corrected chi connectivity index (χ2v) is 13.3. The number of rotatable bonds is 7. The largest absolute Gasteiger partial charge is 0.424 e. The summed E-state index contributed by atoms with van der Waals surface area (Å²) in [5.41, 5.74) is -0.199. The molecule has 0 aliphatic heterocycles. The van der Waals surface area contributed by atoms with Crippen molar-refractivity contribution in [3.05, 3.63) is 0 Å². The minimum atomic E-state index is -4.62. The molecular weight excluding hydrogens is 460 g/mol. The zero-order chi connectivity index (χ0) is 25.1. The molecule has 0 spiro atoms. The van der Waals surface area contributed by atoms with Crippen LogP contribution in [0.4, 0.5) is 0 Å². The molecule has 0 radical (unpaired) electrons. The molecule has 4 N–H and O–H groups in total. The van der Waals surface area contributed by atoms with Crippen molar-refractivity contribution in [1.82, 2.24) is 0 Å². The van der Waals surface area contributed by atoms with Crippen LogP contribution in [0.15, 0.2) is 0 Å². The molecule has 9 heteroatoms. The molecule has 8 nitrogen and oxygen atoms in total. The van der Waals surface area contributed by atoms with Gasteiger partial charge in [-0.3, -0.25) is 4.55 Å². The first-order chi connectivity index (χ1) is 15.8. The van der Waals surface area contributed by atoms with Crippen molar-refractivity contribution in [3.63, 3.8) is 0 Å². The third-order valence-corrected chi connectivity index (χ3v) is 11.1. The van der Waals surface area contributed by atoms with Gasteiger partial charge in [-0.05, 0) is 97.2 Å². The summed E-state index contributed by atoms with van der Waals surface area (Å²) in [7, 11) is -4.62. The monoisotopic (exact) mass is 504 g/mol. The van der Waals surface area contributed by atoms with Crippen LogP contribution in [0.5, 0.6) is 0 Å². The molecule has 0 heterocycles. The van der Waals surface area contributed by atoms with Crippen molar-refractivity contribution in [1.29, 1.82) is 0 Å². The lowest BCUT2D eigenvalue weighted by Crippen LogP contribution is -2.65. The van der Waals surface area contributed by atoms with Crippen LogP contribution in [0, 0.1) is 52.3 Å². The molecule has 0 amide bonds. The Morgan fingerprint density at radius 2 is 1.76 bits per heavy atom. The molecule has 0 aromatic rings. The smallest absolute Gasteiger partial charge is 0.393 e. The Balaban J connectivity index is 1.56. The van der Waals surface area contributed by atoms with Gasteiger partial charge >= 0.3 is 10.4 Å². The van der Waals surface area contributed by atoms with Gasteiger partial charge in [-0.1, -0.05) is 38.4 Å². The molecular formula is C25H44O8S. The van der Waals surface area contributed by atoms with E-state index in [9.17, 15) is 23.7 Å². The molecule has 0 saturated heterocycles. The van der Waals surface area contributed by atoms with Crippen molar-refractivity contribution in [2.24, 2.45) is 52.3 Å². The van der Waals surface area contributed by atoms with E-state index >= 15 is 0 Å². The third-order valence-electron chi connectivity index (χ3n) is 10.9. The Labute approximate surface area is 204 Å². The van der Waals surface area contributed by atoms with Gasteiger partial charge in [0.1, 0.15) is 0 Å². The molecule has 4 aliphatic rings. The molecule has 4 saturated carbocycles. The maximum Gasteiger partial charge on any atom is 0.424 e. The number of hydrogen-bond donors (Lipinski definition) is 4. The van der Waals surface area contributed by atoms with Crippen LogP contribution in [0.25, 0.3) is 0 Å². The van der Waals surface area contributed by atoms with Gasteiger partial charge in [-0.25, -0.2) is 4.89 Å². The molecule has 0 aromatic carbocycles. The van der Waals surface area contributed by atoms with Gasteiger partial charge in [-0.15, -0.1) is 0 Å². The Morgan fingerprint density at radius 3 is 2.41 bits per heavy atom. The molecule has 12 atom stereocenters. The van der Waals surface area contributed by atoms with Gasteiger partial charge < -0.3 is 15.3 Å². The van der Waals surface area contributed by atoms with Crippen molar-refractivity contribution < 1.29 is 37.5 Å². The minimum absolute atomic E-state index is 0.0430. The number of hydrogen-bond acceptors (Lipinski definition) is 7. The number of aliphatic hydroxyl groups is 3. The van der Waals surface area contributed by atoms with Crippen molar-refractivity contribution in [2.45, 2.75) is 97.4 Å². The standard InChI is InChI=1S/C25H44O8S/c1-5-16-19-12-15(26)8-10-24(19,3)22-20(27)13-25(4)17(6-7-18(25)21(22)23(16)28)14(2)9-11-32-33-34(29,30)31/h14-23,26-28H,5-13H2,1-4H3,(H,29,30,31)/t14-,15-,16-,17-,18?,19+,20?,21?,22?,23?,24+,25-/m1/s1. The first kappa shape index (κ1) is 26.8. The number of fused-ring (bicyclic) bond motifs is 5. The van der Waals surface area contributed by atoms with Crippen LogP contribution in [-0.4, -0.2) is 53.2 Å². The van der Waals surface area contributed by atoms with E-state index in [1.807, 2.05) is 0 Å². The Bertz CT molecular complexity index is 835. The molecule has 34 heavy (non-hydrogen) atoms. The van der Waals surface area contributed by atoms with E-state index in [-0.39, 0.29) is 53.1 Å². The molecule has 4 aliphatic carbocycles. The van der Waals surface area contributed by atoms with Gasteiger partial charge in [0.25, 0.3) is 0 Å². The summed E-state index contributed by atoms with van der Waals surface area (Å²) in [6, 6.07) is 0. The zero-order valence-electron chi connectivity index (χ0n) is 21.0. The average molecular weight is 505 g/mol. The van der Waals surface area contributed by atoms with Gasteiger partial charge in [0.15, 0.2) is 0 Å². The lowest BCUT2D eigenvalue weighted by atomic mass is 9.40. The van der Waals surface area contributed by atoms with Crippen molar-refractivity contribution in [2.75, 3.05) is 6.61 Å². The van der Waals surface area contributed by atoms with Crippen LogP contribution in [-0.2, 0) is 19.6 Å². The third kappa shape index (κ3) is 4.48. The van der Waals surface area contributed by atoms with Crippen LogP contribution in [0.1, 0.15) is 79.1 Å². The van der Waals surface area contributed by atoms with Gasteiger partial charge in [0.2, 0.25) is 0 Å². The van der Waals surface area contributed by atoms with E-state index in [0.717, 1.165) is 38.5 Å². The van der Waals surface area contributed by atoms with Crippen molar-refractivity contribution in [3.8, 4) is 0 Å². The maximum atomic E-state index is 11.7. The average Bonchev–Trinajstić information content (AvgIpc) is 3.08. The Kier molecular flexibility index (Phi) is 7.51. The summed E-state index contributed by atoms with van der Waals surface area (Å²) in [6.07, 6.45) is 5.26. The van der Waals surface area contributed by atoms with E-state index in [2.05, 4.69) is 36.9 Å². The molecule has 4 fully saturated rings. The second kappa shape index (κ2) is 9.54. The van der Waals surface area contributed by atoms with E-state index < -0.39 is 22.6 Å². The highest BCUT2D eigenvalue weighted by Gasteiger charge is 2.67. The highest BCUT2D eigenvalue weighted by Crippen LogP contribution is 2.69. The summed E-state index contributed by atoms with van der Waals surface area (Å²) < 4.78 is 34.1. The molecule has 4 rings (SSSR count). The molecule has 0 bridgehead atoms. The lowest BCUT2D eigenvalue weighted by Gasteiger charge is -2.66. The summed E-state index contributed by atoms with van der Waals surface area (Å²) in [5, 5.41) is 33.8. The van der Waals surface area contributed by atoms with Crippen LogP contribution in [0.3, 0.4) is 0 Å². The van der Waals surface area contributed by atoms with Gasteiger partial charge in [-0.2, -0.15) is 8.42 Å². The van der Waals surface area contributed by atoms with Crippen LogP contribution < -0.4 is 0 Å². The van der Waals surface area contributed by atoms with Gasteiger partial charge in [0.05, 0.1) is 24.9 Å². The van der Waals surface area contributed by atoms with E-state index in [4.69, 9.17) is 4.55 Å². The maximum absolute atomic E-state index is 11.7. The first-order valence-corrected chi connectivity index (χ1v) is 14.5. The van der Waals surface area contributed by atoms with E-state index in [1.54, 1.807) is 0 Å². The summed E-state index contributed by atoms with van der Waals surface area (Å²) >= 11 is 0. The number of aliphatic hydroxyl groups excluding tert-OH is 3. The van der Waals surface area contributed by atoms with Gasteiger partial charge in [0, 0.05) is 0 Å². The predicted molar refractivity (Wildman–Crippen MR) is 126 cm³/mol. The quantitative estimate of drug-likeness (QED) is 0.179. The fourth-order valence-corrected chi connectivity index (χ4v) is 9.77. The van der Waals surface area contributed by atoms with Crippen LogP contribution in [0.2, 0.25) is 0 Å². The SMILES string of the molecule is CC[C@H]1C(O)C2C3CC[C@H]([C@H](C)CCOOS(=O)(=O)O)[C@@]3(C)CC(O)C2[C@@]2(C)CC[C@@H](O)C[C@@H]12.